The third kappa shape index (κ3) is 6.15. The number of aryl methyl sites for hydroxylation is 1. The lowest BCUT2D eigenvalue weighted by molar-refractivity contribution is -0.122. The lowest BCUT2D eigenvalue weighted by atomic mass is 10.0. The summed E-state index contributed by atoms with van der Waals surface area (Å²) in [5.74, 6) is -0.399. The number of rotatable bonds is 8. The molecule has 0 saturated carbocycles. The Hall–Kier alpha value is -2.29. The molecule has 1 aliphatic rings. The second-order valence-corrected chi connectivity index (χ2v) is 10.5. The van der Waals surface area contributed by atoms with E-state index >= 15 is 0 Å². The molecule has 0 unspecified atom stereocenters. The van der Waals surface area contributed by atoms with Gasteiger partial charge in [-0.15, -0.1) is 0 Å². The van der Waals surface area contributed by atoms with Crippen LogP contribution in [0.3, 0.4) is 0 Å². The summed E-state index contributed by atoms with van der Waals surface area (Å²) in [4.78, 5) is 14.7. The summed E-state index contributed by atoms with van der Waals surface area (Å²) in [5.41, 5.74) is 1.75. The van der Waals surface area contributed by atoms with Crippen molar-refractivity contribution in [2.45, 2.75) is 57.1 Å². The Labute approximate surface area is 190 Å². The first-order valence-electron chi connectivity index (χ1n) is 11.0. The molecule has 1 fully saturated rings. The van der Waals surface area contributed by atoms with Crippen LogP contribution in [0.15, 0.2) is 53.4 Å². The minimum Gasteiger partial charge on any atom is -0.351 e. The fourth-order valence-electron chi connectivity index (χ4n) is 4.19. The van der Waals surface area contributed by atoms with Crippen LogP contribution in [-0.4, -0.2) is 55.2 Å². The number of likely N-dealkylation sites (tertiary alicyclic amines) is 1. The SMILES string of the molecule is Cc1cccc(S(=O)(=O)N(C(C)C)C2CCN(CC(=O)NCc3ccc(F)cc3)CC2)c1. The van der Waals surface area contributed by atoms with Crippen LogP contribution >= 0.6 is 0 Å². The number of sulfonamides is 1. The Kier molecular flexibility index (Phi) is 8.03. The Morgan fingerprint density at radius 3 is 2.41 bits per heavy atom. The molecule has 0 radical (unpaired) electrons. The molecule has 2 aromatic carbocycles. The number of nitrogens with zero attached hydrogens (tertiary/aromatic N) is 2. The molecule has 0 bridgehead atoms. The highest BCUT2D eigenvalue weighted by Gasteiger charge is 2.35. The van der Waals surface area contributed by atoms with Gasteiger partial charge in [0.25, 0.3) is 0 Å². The lowest BCUT2D eigenvalue weighted by Crippen LogP contribution is -2.51. The van der Waals surface area contributed by atoms with Gasteiger partial charge in [0.15, 0.2) is 0 Å². The third-order valence-electron chi connectivity index (χ3n) is 5.76. The van der Waals surface area contributed by atoms with Gasteiger partial charge in [-0.2, -0.15) is 4.31 Å². The van der Waals surface area contributed by atoms with Crippen molar-refractivity contribution in [3.8, 4) is 0 Å². The largest absolute Gasteiger partial charge is 0.351 e. The van der Waals surface area contributed by atoms with E-state index in [4.69, 9.17) is 0 Å². The molecule has 1 N–H and O–H groups in total. The number of halogens is 1. The number of nitrogens with one attached hydrogen (secondary N) is 1. The van der Waals surface area contributed by atoms with Gasteiger partial charge in [-0.1, -0.05) is 24.3 Å². The van der Waals surface area contributed by atoms with Crippen molar-refractivity contribution < 1.29 is 17.6 Å². The predicted molar refractivity (Wildman–Crippen MR) is 123 cm³/mol. The first kappa shape index (κ1) is 24.4. The summed E-state index contributed by atoms with van der Waals surface area (Å²) < 4.78 is 41.3. The molecule has 1 heterocycles. The van der Waals surface area contributed by atoms with Crippen LogP contribution in [0.4, 0.5) is 4.39 Å². The van der Waals surface area contributed by atoms with E-state index < -0.39 is 10.0 Å². The molecule has 6 nitrogen and oxygen atoms in total. The molecule has 2 aromatic rings. The summed E-state index contributed by atoms with van der Waals surface area (Å²) in [6.07, 6.45) is 1.35. The highest BCUT2D eigenvalue weighted by Crippen LogP contribution is 2.27. The normalized spacial score (nSPS) is 15.9. The Morgan fingerprint density at radius 2 is 1.81 bits per heavy atom. The number of amides is 1. The smallest absolute Gasteiger partial charge is 0.243 e. The van der Waals surface area contributed by atoms with Gasteiger partial charge in [0.2, 0.25) is 15.9 Å². The third-order valence-corrected chi connectivity index (χ3v) is 7.89. The van der Waals surface area contributed by atoms with Gasteiger partial charge in [-0.25, -0.2) is 12.8 Å². The molecule has 8 heteroatoms. The van der Waals surface area contributed by atoms with Gasteiger partial charge in [-0.3, -0.25) is 9.69 Å². The summed E-state index contributed by atoms with van der Waals surface area (Å²) in [7, 11) is -3.60. The molecule has 0 spiro atoms. The van der Waals surface area contributed by atoms with Crippen molar-refractivity contribution >= 4 is 15.9 Å². The van der Waals surface area contributed by atoms with Crippen molar-refractivity contribution in [2.24, 2.45) is 0 Å². The van der Waals surface area contributed by atoms with Gasteiger partial charge in [0, 0.05) is 31.7 Å². The van der Waals surface area contributed by atoms with Crippen LogP contribution in [0.25, 0.3) is 0 Å². The average molecular weight is 462 g/mol. The number of hydrogen-bond donors (Lipinski definition) is 1. The van der Waals surface area contributed by atoms with E-state index in [9.17, 15) is 17.6 Å². The minimum absolute atomic E-state index is 0.0964. The molecule has 174 valence electrons. The van der Waals surface area contributed by atoms with Gasteiger partial charge < -0.3 is 5.32 Å². The molecular weight excluding hydrogens is 429 g/mol. The van der Waals surface area contributed by atoms with Crippen molar-refractivity contribution in [3.63, 3.8) is 0 Å². The second kappa shape index (κ2) is 10.6. The van der Waals surface area contributed by atoms with E-state index in [-0.39, 0.29) is 30.4 Å². The molecule has 0 aliphatic carbocycles. The highest BCUT2D eigenvalue weighted by atomic mass is 32.2. The first-order chi connectivity index (χ1) is 15.2. The lowest BCUT2D eigenvalue weighted by Gasteiger charge is -2.39. The maximum absolute atomic E-state index is 13.4. The van der Waals surface area contributed by atoms with Crippen LogP contribution in [0.2, 0.25) is 0 Å². The van der Waals surface area contributed by atoms with Crippen LogP contribution in [0.1, 0.15) is 37.8 Å². The van der Waals surface area contributed by atoms with E-state index in [1.165, 1.54) is 12.1 Å². The topological polar surface area (TPSA) is 69.7 Å². The van der Waals surface area contributed by atoms with Gasteiger partial charge in [0.05, 0.1) is 11.4 Å². The Bertz CT molecular complexity index is 1020. The summed E-state index contributed by atoms with van der Waals surface area (Å²) in [6, 6.07) is 12.8. The molecule has 32 heavy (non-hydrogen) atoms. The van der Waals surface area contributed by atoms with E-state index in [1.54, 1.807) is 34.6 Å². The first-order valence-corrected chi connectivity index (χ1v) is 12.4. The molecule has 0 aromatic heterocycles. The van der Waals surface area contributed by atoms with Crippen molar-refractivity contribution in [2.75, 3.05) is 19.6 Å². The number of hydrogen-bond acceptors (Lipinski definition) is 4. The molecule has 1 aliphatic heterocycles. The predicted octanol–water partition coefficient (Wildman–Crippen LogP) is 3.31. The van der Waals surface area contributed by atoms with E-state index in [2.05, 4.69) is 5.32 Å². The number of benzene rings is 2. The fraction of sp³-hybridized carbons (Fsp3) is 0.458. The van der Waals surface area contributed by atoms with Gasteiger partial charge in [0.1, 0.15) is 5.82 Å². The van der Waals surface area contributed by atoms with E-state index in [0.29, 0.717) is 37.4 Å². The van der Waals surface area contributed by atoms with Crippen molar-refractivity contribution in [1.82, 2.24) is 14.5 Å². The number of carbonyl (C=O) groups excluding carboxylic acids is 1. The molecule has 0 atom stereocenters. The zero-order valence-electron chi connectivity index (χ0n) is 18.9. The van der Waals surface area contributed by atoms with Gasteiger partial charge in [-0.05, 0) is 69.0 Å². The zero-order valence-corrected chi connectivity index (χ0v) is 19.7. The Morgan fingerprint density at radius 1 is 1.16 bits per heavy atom. The number of piperidine rings is 1. The van der Waals surface area contributed by atoms with Crippen LogP contribution in [-0.2, 0) is 21.4 Å². The minimum atomic E-state index is -3.60. The number of carbonyl (C=O) groups is 1. The quantitative estimate of drug-likeness (QED) is 0.655. The van der Waals surface area contributed by atoms with Gasteiger partial charge >= 0.3 is 0 Å². The van der Waals surface area contributed by atoms with Crippen LogP contribution in [0, 0.1) is 12.7 Å². The monoisotopic (exact) mass is 461 g/mol. The fourth-order valence-corrected chi connectivity index (χ4v) is 6.17. The maximum atomic E-state index is 13.4. The summed E-state index contributed by atoms with van der Waals surface area (Å²) >= 11 is 0. The van der Waals surface area contributed by atoms with Crippen molar-refractivity contribution in [1.29, 1.82) is 0 Å². The highest BCUT2D eigenvalue weighted by molar-refractivity contribution is 7.89. The zero-order chi connectivity index (χ0) is 23.3. The van der Waals surface area contributed by atoms with Crippen LogP contribution in [0.5, 0.6) is 0 Å². The maximum Gasteiger partial charge on any atom is 0.243 e. The summed E-state index contributed by atoms with van der Waals surface area (Å²) in [5, 5.41) is 2.86. The van der Waals surface area contributed by atoms with E-state index in [0.717, 1.165) is 11.1 Å². The molecule has 3 rings (SSSR count). The molecule has 1 saturated heterocycles. The Balaban J connectivity index is 1.56. The van der Waals surface area contributed by atoms with E-state index in [1.807, 2.05) is 31.7 Å². The van der Waals surface area contributed by atoms with Crippen molar-refractivity contribution in [3.05, 3.63) is 65.5 Å². The standard InChI is InChI=1S/C24H32FN3O3S/c1-18(2)28(32(30,31)23-6-4-5-19(3)15-23)22-11-13-27(14-12-22)17-24(29)26-16-20-7-9-21(25)10-8-20/h4-10,15,18,22H,11-14,16-17H2,1-3H3,(H,26,29). The second-order valence-electron chi connectivity index (χ2n) is 8.66. The molecular formula is C24H32FN3O3S. The molecule has 1 amide bonds. The van der Waals surface area contributed by atoms with Crippen LogP contribution < -0.4 is 5.32 Å². The summed E-state index contributed by atoms with van der Waals surface area (Å²) in [6.45, 7) is 7.62. The average Bonchev–Trinajstić information content (AvgIpc) is 2.74.